The van der Waals surface area contributed by atoms with E-state index in [1.807, 2.05) is 0 Å². The molecular formula is C20H22FN3O3. The summed E-state index contributed by atoms with van der Waals surface area (Å²) in [5.74, 6) is -1.04. The van der Waals surface area contributed by atoms with Gasteiger partial charge in [-0.05, 0) is 54.3 Å². The van der Waals surface area contributed by atoms with Gasteiger partial charge in [0.2, 0.25) is 5.91 Å². The zero-order chi connectivity index (χ0) is 19.5. The Morgan fingerprint density at radius 2 is 1.74 bits per heavy atom. The van der Waals surface area contributed by atoms with E-state index in [-0.39, 0.29) is 18.1 Å². The summed E-state index contributed by atoms with van der Waals surface area (Å²) in [6, 6.07) is 9.32. The lowest BCUT2D eigenvalue weighted by Gasteiger charge is -2.10. The number of halogens is 1. The van der Waals surface area contributed by atoms with Crippen LogP contribution in [0.2, 0.25) is 0 Å². The number of hydroxylamine groups is 1. The van der Waals surface area contributed by atoms with Gasteiger partial charge in [0.15, 0.2) is 0 Å². The number of nitrogens with one attached hydrogen (secondary N) is 2. The minimum atomic E-state index is -0.419. The first-order valence-corrected chi connectivity index (χ1v) is 8.69. The van der Waals surface area contributed by atoms with E-state index in [1.54, 1.807) is 48.2 Å². The molecule has 6 nitrogen and oxygen atoms in total. The third-order valence-corrected chi connectivity index (χ3v) is 3.91. The molecule has 0 saturated carbocycles. The van der Waals surface area contributed by atoms with Crippen LogP contribution in [-0.2, 0) is 9.59 Å². The molecule has 0 aliphatic carbocycles. The van der Waals surface area contributed by atoms with E-state index >= 15 is 0 Å². The molecule has 0 aliphatic heterocycles. The minimum absolute atomic E-state index is 0.243. The number of carbonyl (C=O) groups is 2. The maximum Gasteiger partial charge on any atom is 0.251 e. The molecular weight excluding hydrogens is 349 g/mol. The highest BCUT2D eigenvalue weighted by Crippen LogP contribution is 2.19. The Morgan fingerprint density at radius 1 is 1.04 bits per heavy atom. The average Bonchev–Trinajstić information content (AvgIpc) is 2.70. The number of rotatable bonds is 9. The molecule has 1 heterocycles. The first kappa shape index (κ1) is 20.3. The zero-order valence-electron chi connectivity index (χ0n) is 14.8. The molecule has 0 bridgehead atoms. The number of unbranched alkanes of at least 4 members (excludes halogenated alkanes) is 2. The minimum Gasteiger partial charge on any atom is -0.352 e. The van der Waals surface area contributed by atoms with Crippen molar-refractivity contribution in [3.8, 4) is 0 Å². The lowest BCUT2D eigenvalue weighted by atomic mass is 10.0. The Morgan fingerprint density at radius 3 is 2.41 bits per heavy atom. The second kappa shape index (κ2) is 10.8. The van der Waals surface area contributed by atoms with Crippen molar-refractivity contribution in [1.82, 2.24) is 15.8 Å². The monoisotopic (exact) mass is 371 g/mol. The number of carbonyl (C=O) groups excluding carboxylic acids is 2. The number of amides is 2. The summed E-state index contributed by atoms with van der Waals surface area (Å²) in [4.78, 5) is 27.5. The van der Waals surface area contributed by atoms with Gasteiger partial charge in [0, 0.05) is 30.9 Å². The summed E-state index contributed by atoms with van der Waals surface area (Å²) >= 11 is 0. The van der Waals surface area contributed by atoms with Crippen LogP contribution < -0.4 is 10.8 Å². The average molecular weight is 371 g/mol. The molecule has 1 aromatic carbocycles. The van der Waals surface area contributed by atoms with E-state index in [0.717, 1.165) is 12.0 Å². The molecule has 0 unspecified atom stereocenters. The van der Waals surface area contributed by atoms with Gasteiger partial charge in [-0.2, -0.15) is 0 Å². The predicted octanol–water partition coefficient (Wildman–Crippen LogP) is 2.94. The van der Waals surface area contributed by atoms with E-state index in [1.165, 1.54) is 12.1 Å². The fraction of sp³-hybridized carbons (Fsp3) is 0.250. The summed E-state index contributed by atoms with van der Waals surface area (Å²) in [5.41, 5.74) is 3.45. The van der Waals surface area contributed by atoms with Gasteiger partial charge < -0.3 is 5.32 Å². The Kier molecular flexibility index (Phi) is 8.12. The van der Waals surface area contributed by atoms with Gasteiger partial charge in [-0.3, -0.25) is 19.8 Å². The van der Waals surface area contributed by atoms with Crippen molar-refractivity contribution in [1.29, 1.82) is 0 Å². The van der Waals surface area contributed by atoms with E-state index in [9.17, 15) is 14.0 Å². The molecule has 0 spiro atoms. The van der Waals surface area contributed by atoms with Crippen LogP contribution in [0.5, 0.6) is 0 Å². The summed E-state index contributed by atoms with van der Waals surface area (Å²) in [6.07, 6.45) is 7.32. The second-order valence-corrected chi connectivity index (χ2v) is 5.95. The highest BCUT2D eigenvalue weighted by Gasteiger charge is 2.12. The molecule has 0 radical (unpaired) electrons. The van der Waals surface area contributed by atoms with Crippen molar-refractivity contribution in [3.05, 3.63) is 65.7 Å². The molecule has 0 saturated heterocycles. The van der Waals surface area contributed by atoms with Crippen LogP contribution in [0.3, 0.4) is 0 Å². The van der Waals surface area contributed by atoms with Crippen molar-refractivity contribution in [2.24, 2.45) is 0 Å². The molecule has 0 fully saturated rings. The number of benzene rings is 1. The highest BCUT2D eigenvalue weighted by atomic mass is 19.1. The number of hydrogen-bond acceptors (Lipinski definition) is 4. The molecule has 2 rings (SSSR count). The molecule has 27 heavy (non-hydrogen) atoms. The molecule has 0 aliphatic rings. The topological polar surface area (TPSA) is 91.3 Å². The van der Waals surface area contributed by atoms with E-state index in [0.29, 0.717) is 30.5 Å². The number of nitrogens with zero attached hydrogens (tertiary/aromatic N) is 1. The van der Waals surface area contributed by atoms with Crippen LogP contribution in [0, 0.1) is 5.82 Å². The van der Waals surface area contributed by atoms with E-state index in [2.05, 4.69) is 10.3 Å². The fourth-order valence-electron chi connectivity index (χ4n) is 2.48. The SMILES string of the molecule is O=C(CCCCCNC(=O)C(=Cc1ccncc1)c1ccc(F)cc1)NO. The van der Waals surface area contributed by atoms with Crippen LogP contribution >= 0.6 is 0 Å². The van der Waals surface area contributed by atoms with Crippen molar-refractivity contribution in [2.75, 3.05) is 6.54 Å². The van der Waals surface area contributed by atoms with Gasteiger partial charge in [0.1, 0.15) is 5.82 Å². The quantitative estimate of drug-likeness (QED) is 0.274. The van der Waals surface area contributed by atoms with Crippen LogP contribution in [0.1, 0.15) is 36.8 Å². The summed E-state index contributed by atoms with van der Waals surface area (Å²) in [7, 11) is 0. The van der Waals surface area contributed by atoms with Gasteiger partial charge >= 0.3 is 0 Å². The highest BCUT2D eigenvalue weighted by molar-refractivity contribution is 6.24. The molecule has 142 valence electrons. The maximum absolute atomic E-state index is 13.2. The lowest BCUT2D eigenvalue weighted by molar-refractivity contribution is -0.129. The third-order valence-electron chi connectivity index (χ3n) is 3.91. The number of pyridine rings is 1. The van der Waals surface area contributed by atoms with Crippen LogP contribution in [0.4, 0.5) is 4.39 Å². The summed E-state index contributed by atoms with van der Waals surface area (Å²) < 4.78 is 13.2. The van der Waals surface area contributed by atoms with E-state index < -0.39 is 5.91 Å². The Hall–Kier alpha value is -3.06. The van der Waals surface area contributed by atoms with Gasteiger partial charge in [0.05, 0.1) is 0 Å². The van der Waals surface area contributed by atoms with Gasteiger partial charge in [-0.15, -0.1) is 0 Å². The molecule has 2 aromatic rings. The third kappa shape index (κ3) is 6.99. The largest absolute Gasteiger partial charge is 0.352 e. The van der Waals surface area contributed by atoms with Crippen LogP contribution in [0.25, 0.3) is 11.6 Å². The van der Waals surface area contributed by atoms with Crippen molar-refractivity contribution in [2.45, 2.75) is 25.7 Å². The number of hydrogen-bond donors (Lipinski definition) is 3. The van der Waals surface area contributed by atoms with Gasteiger partial charge in [-0.25, -0.2) is 9.87 Å². The Bertz CT molecular complexity index is 777. The lowest BCUT2D eigenvalue weighted by Crippen LogP contribution is -2.25. The van der Waals surface area contributed by atoms with Crippen LogP contribution in [-0.4, -0.2) is 28.6 Å². The van der Waals surface area contributed by atoms with Crippen molar-refractivity contribution >= 4 is 23.5 Å². The molecule has 0 atom stereocenters. The molecule has 7 heteroatoms. The smallest absolute Gasteiger partial charge is 0.251 e. The summed E-state index contributed by atoms with van der Waals surface area (Å²) in [6.45, 7) is 0.453. The maximum atomic E-state index is 13.2. The van der Waals surface area contributed by atoms with Gasteiger partial charge in [0.25, 0.3) is 5.91 Å². The molecule has 1 aromatic heterocycles. The predicted molar refractivity (Wildman–Crippen MR) is 99.9 cm³/mol. The fourth-order valence-corrected chi connectivity index (χ4v) is 2.48. The first-order valence-electron chi connectivity index (χ1n) is 8.69. The Labute approximate surface area is 157 Å². The van der Waals surface area contributed by atoms with Crippen molar-refractivity contribution in [3.63, 3.8) is 0 Å². The zero-order valence-corrected chi connectivity index (χ0v) is 14.8. The summed E-state index contributed by atoms with van der Waals surface area (Å²) in [5, 5.41) is 11.3. The molecule has 3 N–H and O–H groups in total. The standard InChI is InChI=1S/C20H22FN3O3/c21-17-7-5-16(6-8-17)18(14-15-9-12-22-13-10-15)20(26)23-11-3-1-2-4-19(25)24-27/h5-10,12-14,27H,1-4,11H2,(H,23,26)(H,24,25). The number of aromatic nitrogens is 1. The Balaban J connectivity index is 1.99. The van der Waals surface area contributed by atoms with Crippen molar-refractivity contribution < 1.29 is 19.2 Å². The molecule has 2 amide bonds. The normalized spacial score (nSPS) is 11.1. The van der Waals surface area contributed by atoms with Crippen LogP contribution in [0.15, 0.2) is 48.8 Å². The first-order chi connectivity index (χ1) is 13.1. The second-order valence-electron chi connectivity index (χ2n) is 5.95. The van der Waals surface area contributed by atoms with E-state index in [4.69, 9.17) is 5.21 Å². The van der Waals surface area contributed by atoms with Gasteiger partial charge in [-0.1, -0.05) is 18.6 Å².